The first-order valence-electron chi connectivity index (χ1n) is 4.24. The molecule has 0 saturated carbocycles. The number of halogens is 3. The van der Waals surface area contributed by atoms with Gasteiger partial charge in [0.05, 0.1) is 12.7 Å². The Kier molecular flexibility index (Phi) is 2.65. The molecule has 5 heteroatoms. The molecule has 2 heterocycles. The summed E-state index contributed by atoms with van der Waals surface area (Å²) in [6.45, 7) is 0.0206. The lowest BCUT2D eigenvalue weighted by atomic mass is 10.1. The predicted molar refractivity (Wildman–Crippen MR) is 47.4 cm³/mol. The Morgan fingerprint density at radius 1 is 1.50 bits per heavy atom. The van der Waals surface area contributed by atoms with Crippen molar-refractivity contribution in [2.24, 2.45) is 0 Å². The Hall–Kier alpha value is -0.740. The number of hydrogen-bond donors (Lipinski definition) is 0. The topological polar surface area (TPSA) is 22.1 Å². The molecular formula is C9H8ClF2NO. The van der Waals surface area contributed by atoms with E-state index in [-0.39, 0.29) is 23.7 Å². The van der Waals surface area contributed by atoms with Gasteiger partial charge in [0.2, 0.25) is 5.95 Å². The summed E-state index contributed by atoms with van der Waals surface area (Å²) >= 11 is 5.49. The minimum Gasteiger partial charge on any atom is -0.370 e. The van der Waals surface area contributed by atoms with E-state index in [0.717, 1.165) is 0 Å². The van der Waals surface area contributed by atoms with Gasteiger partial charge in [0.15, 0.2) is 0 Å². The SMILES string of the molecule is Fc1nc(Cl)ccc1[C@H]1C[C@H](F)CO1. The second-order valence-electron chi connectivity index (χ2n) is 3.17. The van der Waals surface area contributed by atoms with E-state index in [4.69, 9.17) is 16.3 Å². The van der Waals surface area contributed by atoms with Crippen LogP contribution in [0.5, 0.6) is 0 Å². The molecule has 0 aromatic carbocycles. The Balaban J connectivity index is 2.24. The van der Waals surface area contributed by atoms with E-state index < -0.39 is 18.2 Å². The highest BCUT2D eigenvalue weighted by Gasteiger charge is 2.28. The lowest BCUT2D eigenvalue weighted by Crippen LogP contribution is -2.01. The molecule has 0 amide bonds. The molecule has 0 spiro atoms. The van der Waals surface area contributed by atoms with E-state index in [1.165, 1.54) is 12.1 Å². The van der Waals surface area contributed by atoms with Crippen LogP contribution in [-0.4, -0.2) is 17.8 Å². The molecule has 0 bridgehead atoms. The fourth-order valence-electron chi connectivity index (χ4n) is 1.47. The third-order valence-electron chi connectivity index (χ3n) is 2.14. The first-order chi connectivity index (χ1) is 6.66. The number of rotatable bonds is 1. The molecule has 1 fully saturated rings. The second kappa shape index (κ2) is 3.79. The summed E-state index contributed by atoms with van der Waals surface area (Å²) in [5.41, 5.74) is 0.273. The van der Waals surface area contributed by atoms with Crippen molar-refractivity contribution in [2.45, 2.75) is 18.7 Å². The van der Waals surface area contributed by atoms with Gasteiger partial charge in [-0.05, 0) is 12.1 Å². The highest BCUT2D eigenvalue weighted by Crippen LogP contribution is 2.31. The van der Waals surface area contributed by atoms with Gasteiger partial charge in [0, 0.05) is 12.0 Å². The van der Waals surface area contributed by atoms with Gasteiger partial charge < -0.3 is 4.74 Å². The van der Waals surface area contributed by atoms with Crippen molar-refractivity contribution in [3.8, 4) is 0 Å². The number of nitrogens with zero attached hydrogens (tertiary/aromatic N) is 1. The number of aromatic nitrogens is 1. The standard InChI is InChI=1S/C9H8ClF2NO/c10-8-2-1-6(9(12)13-8)7-3-5(11)4-14-7/h1-2,5,7H,3-4H2/t5-,7+/m0/s1. The molecule has 1 aromatic rings. The van der Waals surface area contributed by atoms with Crippen LogP contribution in [0.1, 0.15) is 18.1 Å². The molecule has 0 aliphatic carbocycles. The highest BCUT2D eigenvalue weighted by atomic mass is 35.5. The zero-order valence-corrected chi connectivity index (χ0v) is 7.97. The summed E-state index contributed by atoms with van der Waals surface area (Å²) in [6, 6.07) is 2.95. The van der Waals surface area contributed by atoms with Gasteiger partial charge >= 0.3 is 0 Å². The monoisotopic (exact) mass is 219 g/mol. The number of ether oxygens (including phenoxy) is 1. The lowest BCUT2D eigenvalue weighted by Gasteiger charge is -2.09. The van der Waals surface area contributed by atoms with Gasteiger partial charge in [0.1, 0.15) is 11.3 Å². The van der Waals surface area contributed by atoms with Crippen molar-refractivity contribution in [3.63, 3.8) is 0 Å². The van der Waals surface area contributed by atoms with E-state index in [1.54, 1.807) is 0 Å². The zero-order chi connectivity index (χ0) is 10.1. The molecule has 1 aliphatic heterocycles. The third-order valence-corrected chi connectivity index (χ3v) is 2.35. The van der Waals surface area contributed by atoms with Crippen LogP contribution in [0.4, 0.5) is 8.78 Å². The maximum atomic E-state index is 13.2. The van der Waals surface area contributed by atoms with E-state index in [9.17, 15) is 8.78 Å². The Bertz CT molecular complexity index is 348. The van der Waals surface area contributed by atoms with E-state index in [2.05, 4.69) is 4.98 Å². The summed E-state index contributed by atoms with van der Waals surface area (Å²) in [5, 5.41) is 0.0843. The molecule has 2 nitrogen and oxygen atoms in total. The van der Waals surface area contributed by atoms with Crippen LogP contribution in [-0.2, 0) is 4.74 Å². The number of pyridine rings is 1. The molecule has 1 aliphatic rings. The largest absolute Gasteiger partial charge is 0.370 e. The fourth-order valence-corrected chi connectivity index (χ4v) is 1.61. The van der Waals surface area contributed by atoms with Crippen LogP contribution in [0.15, 0.2) is 12.1 Å². The van der Waals surface area contributed by atoms with Crippen molar-refractivity contribution in [1.29, 1.82) is 0 Å². The smallest absolute Gasteiger partial charge is 0.220 e. The summed E-state index contributed by atoms with van der Waals surface area (Å²) in [6.07, 6.45) is -1.37. The Morgan fingerprint density at radius 2 is 2.29 bits per heavy atom. The first-order valence-corrected chi connectivity index (χ1v) is 4.62. The predicted octanol–water partition coefficient (Wildman–Crippen LogP) is 2.67. The van der Waals surface area contributed by atoms with Gasteiger partial charge in [-0.25, -0.2) is 9.37 Å². The van der Waals surface area contributed by atoms with E-state index in [0.29, 0.717) is 0 Å². The van der Waals surface area contributed by atoms with Crippen molar-refractivity contribution >= 4 is 11.6 Å². The van der Waals surface area contributed by atoms with Gasteiger partial charge in [-0.3, -0.25) is 0 Å². The van der Waals surface area contributed by atoms with Gasteiger partial charge in [-0.1, -0.05) is 11.6 Å². The molecule has 0 N–H and O–H groups in total. The molecular weight excluding hydrogens is 212 g/mol. The van der Waals surface area contributed by atoms with Gasteiger partial charge in [-0.15, -0.1) is 0 Å². The Labute approximate surface area is 84.9 Å². The molecule has 0 unspecified atom stereocenters. The van der Waals surface area contributed by atoms with Gasteiger partial charge in [0.25, 0.3) is 0 Å². The quantitative estimate of drug-likeness (QED) is 0.678. The third kappa shape index (κ3) is 1.86. The highest BCUT2D eigenvalue weighted by molar-refractivity contribution is 6.29. The summed E-state index contributed by atoms with van der Waals surface area (Å²) in [7, 11) is 0. The summed E-state index contributed by atoms with van der Waals surface area (Å²) in [5.74, 6) is -0.684. The molecule has 76 valence electrons. The van der Waals surface area contributed by atoms with Crippen LogP contribution in [0.2, 0.25) is 5.15 Å². The fraction of sp³-hybridized carbons (Fsp3) is 0.444. The Morgan fingerprint density at radius 3 is 2.86 bits per heavy atom. The van der Waals surface area contributed by atoms with Crippen LogP contribution in [0.3, 0.4) is 0 Å². The van der Waals surface area contributed by atoms with Crippen LogP contribution in [0, 0.1) is 5.95 Å². The number of alkyl halides is 1. The molecule has 0 radical (unpaired) electrons. The van der Waals surface area contributed by atoms with Crippen LogP contribution < -0.4 is 0 Å². The molecule has 2 atom stereocenters. The summed E-state index contributed by atoms with van der Waals surface area (Å²) < 4.78 is 31.1. The molecule has 2 rings (SSSR count). The van der Waals surface area contributed by atoms with Crippen molar-refractivity contribution < 1.29 is 13.5 Å². The normalized spacial score (nSPS) is 26.8. The zero-order valence-electron chi connectivity index (χ0n) is 7.21. The van der Waals surface area contributed by atoms with Crippen LogP contribution in [0.25, 0.3) is 0 Å². The number of hydrogen-bond acceptors (Lipinski definition) is 2. The minimum atomic E-state index is -1.02. The average molecular weight is 220 g/mol. The van der Waals surface area contributed by atoms with E-state index >= 15 is 0 Å². The van der Waals surface area contributed by atoms with Crippen molar-refractivity contribution in [3.05, 3.63) is 28.8 Å². The van der Waals surface area contributed by atoms with Gasteiger partial charge in [-0.2, -0.15) is 4.39 Å². The molecule has 1 aromatic heterocycles. The van der Waals surface area contributed by atoms with Crippen LogP contribution >= 0.6 is 11.6 Å². The minimum absolute atomic E-state index is 0.0206. The maximum absolute atomic E-state index is 13.2. The van der Waals surface area contributed by atoms with E-state index in [1.807, 2.05) is 0 Å². The van der Waals surface area contributed by atoms with Crippen molar-refractivity contribution in [2.75, 3.05) is 6.61 Å². The summed E-state index contributed by atoms with van der Waals surface area (Å²) in [4.78, 5) is 3.44. The maximum Gasteiger partial charge on any atom is 0.220 e. The van der Waals surface area contributed by atoms with Crippen molar-refractivity contribution in [1.82, 2.24) is 4.98 Å². The second-order valence-corrected chi connectivity index (χ2v) is 3.56. The molecule has 14 heavy (non-hydrogen) atoms. The lowest BCUT2D eigenvalue weighted by molar-refractivity contribution is 0.100. The first kappa shape index (κ1) is 9.80. The molecule has 1 saturated heterocycles. The average Bonchev–Trinajstić information content (AvgIpc) is 2.51.